The molecule has 0 spiro atoms. The van der Waals surface area contributed by atoms with Gasteiger partial charge in [-0.2, -0.15) is 0 Å². The zero-order valence-electron chi connectivity index (χ0n) is 13.5. The van der Waals surface area contributed by atoms with Crippen molar-refractivity contribution in [3.8, 4) is 11.1 Å². The van der Waals surface area contributed by atoms with E-state index < -0.39 is 0 Å². The molecule has 0 aliphatic carbocycles. The number of hydrogen-bond acceptors (Lipinski definition) is 0. The average molecular weight is 383 g/mol. The summed E-state index contributed by atoms with van der Waals surface area (Å²) in [4.78, 5) is 0. The molecule has 0 amide bonds. The second kappa shape index (κ2) is 5.72. The standard InChI is InChI=1S/C24H15Br/c25-24-11-4-3-9-22(24)21-10-5-8-18-14-19-12-16-6-1-2-7-17(16)13-20(19)15-23(18)21/h1-15H. The molecular weight excluding hydrogens is 368 g/mol. The van der Waals surface area contributed by atoms with E-state index in [4.69, 9.17) is 0 Å². The monoisotopic (exact) mass is 382 g/mol. The molecule has 118 valence electrons. The summed E-state index contributed by atoms with van der Waals surface area (Å²) in [6.45, 7) is 0. The number of hydrogen-bond donors (Lipinski definition) is 0. The molecule has 25 heavy (non-hydrogen) atoms. The minimum atomic E-state index is 1.13. The lowest BCUT2D eigenvalue weighted by Crippen LogP contribution is -1.84. The van der Waals surface area contributed by atoms with Crippen LogP contribution in [0.25, 0.3) is 43.4 Å². The summed E-state index contributed by atoms with van der Waals surface area (Å²) in [7, 11) is 0. The third-order valence-electron chi connectivity index (χ3n) is 4.87. The predicted octanol–water partition coefficient (Wildman–Crippen LogP) is 7.58. The van der Waals surface area contributed by atoms with Gasteiger partial charge in [0.25, 0.3) is 0 Å². The Hall–Kier alpha value is -2.64. The van der Waals surface area contributed by atoms with Crippen LogP contribution in [-0.2, 0) is 0 Å². The van der Waals surface area contributed by atoms with Gasteiger partial charge < -0.3 is 0 Å². The molecule has 0 aliphatic rings. The summed E-state index contributed by atoms with van der Waals surface area (Å²) in [6, 6.07) is 32.7. The zero-order chi connectivity index (χ0) is 16.8. The molecule has 0 heterocycles. The molecule has 0 bridgehead atoms. The SMILES string of the molecule is Brc1ccccc1-c1cccc2cc3cc4ccccc4cc3cc12. The van der Waals surface area contributed by atoms with Crippen LogP contribution in [0, 0.1) is 0 Å². The molecule has 0 N–H and O–H groups in total. The van der Waals surface area contributed by atoms with Crippen LogP contribution in [0.5, 0.6) is 0 Å². The van der Waals surface area contributed by atoms with E-state index in [1.165, 1.54) is 43.4 Å². The van der Waals surface area contributed by atoms with Gasteiger partial charge in [-0.15, -0.1) is 0 Å². The van der Waals surface area contributed by atoms with Crippen LogP contribution in [-0.4, -0.2) is 0 Å². The first kappa shape index (κ1) is 14.7. The Kier molecular flexibility index (Phi) is 3.36. The van der Waals surface area contributed by atoms with Crippen LogP contribution in [0.15, 0.2) is 95.5 Å². The molecule has 0 aromatic heterocycles. The number of halogens is 1. The topological polar surface area (TPSA) is 0 Å². The van der Waals surface area contributed by atoms with E-state index in [1.807, 2.05) is 0 Å². The normalized spacial score (nSPS) is 11.4. The Morgan fingerprint density at radius 3 is 1.76 bits per heavy atom. The first-order chi connectivity index (χ1) is 12.3. The molecule has 0 aliphatic heterocycles. The van der Waals surface area contributed by atoms with Gasteiger partial charge in [-0.3, -0.25) is 0 Å². The largest absolute Gasteiger partial charge is 0.0616 e. The van der Waals surface area contributed by atoms with E-state index >= 15 is 0 Å². The molecule has 0 nitrogen and oxygen atoms in total. The van der Waals surface area contributed by atoms with E-state index in [0.29, 0.717) is 0 Å². The van der Waals surface area contributed by atoms with Crippen molar-refractivity contribution < 1.29 is 0 Å². The molecule has 5 aromatic rings. The Morgan fingerprint density at radius 1 is 0.440 bits per heavy atom. The summed E-state index contributed by atoms with van der Waals surface area (Å²) in [5.41, 5.74) is 2.49. The molecule has 5 aromatic carbocycles. The Labute approximate surface area is 154 Å². The van der Waals surface area contributed by atoms with Crippen LogP contribution in [0.2, 0.25) is 0 Å². The Bertz CT molecular complexity index is 1250. The van der Waals surface area contributed by atoms with Gasteiger partial charge in [-0.1, -0.05) is 76.6 Å². The lowest BCUT2D eigenvalue weighted by Gasteiger charge is -2.11. The first-order valence-corrected chi connectivity index (χ1v) is 9.19. The van der Waals surface area contributed by atoms with Crippen molar-refractivity contribution in [3.63, 3.8) is 0 Å². The smallest absolute Gasteiger partial charge is 0.0253 e. The predicted molar refractivity (Wildman–Crippen MR) is 112 cm³/mol. The third kappa shape index (κ3) is 2.43. The second-order valence-corrected chi connectivity index (χ2v) is 7.26. The third-order valence-corrected chi connectivity index (χ3v) is 5.56. The van der Waals surface area contributed by atoms with E-state index in [9.17, 15) is 0 Å². The summed E-state index contributed by atoms with van der Waals surface area (Å²) in [6.07, 6.45) is 0. The minimum absolute atomic E-state index is 1.13. The lowest BCUT2D eigenvalue weighted by atomic mass is 9.94. The van der Waals surface area contributed by atoms with E-state index in [-0.39, 0.29) is 0 Å². The van der Waals surface area contributed by atoms with Gasteiger partial charge in [-0.25, -0.2) is 0 Å². The summed E-state index contributed by atoms with van der Waals surface area (Å²) < 4.78 is 1.13. The molecule has 0 saturated heterocycles. The highest BCUT2D eigenvalue weighted by Gasteiger charge is 2.08. The fourth-order valence-electron chi connectivity index (χ4n) is 3.63. The van der Waals surface area contributed by atoms with Crippen LogP contribution < -0.4 is 0 Å². The van der Waals surface area contributed by atoms with Gasteiger partial charge in [0.2, 0.25) is 0 Å². The fourth-order valence-corrected chi connectivity index (χ4v) is 4.13. The van der Waals surface area contributed by atoms with Crippen LogP contribution in [0.4, 0.5) is 0 Å². The number of fused-ring (bicyclic) bond motifs is 3. The van der Waals surface area contributed by atoms with Crippen molar-refractivity contribution in [2.75, 3.05) is 0 Å². The van der Waals surface area contributed by atoms with Crippen LogP contribution in [0.1, 0.15) is 0 Å². The van der Waals surface area contributed by atoms with Crippen molar-refractivity contribution in [3.05, 3.63) is 95.5 Å². The lowest BCUT2D eigenvalue weighted by molar-refractivity contribution is 1.61. The molecule has 0 fully saturated rings. The second-order valence-electron chi connectivity index (χ2n) is 6.41. The fraction of sp³-hybridized carbons (Fsp3) is 0. The van der Waals surface area contributed by atoms with E-state index in [2.05, 4.69) is 107 Å². The maximum Gasteiger partial charge on any atom is 0.0253 e. The van der Waals surface area contributed by atoms with Gasteiger partial charge in [0, 0.05) is 4.47 Å². The van der Waals surface area contributed by atoms with E-state index in [0.717, 1.165) is 4.47 Å². The zero-order valence-corrected chi connectivity index (χ0v) is 15.1. The molecule has 1 heteroatoms. The molecule has 0 radical (unpaired) electrons. The van der Waals surface area contributed by atoms with Gasteiger partial charge in [0.15, 0.2) is 0 Å². The van der Waals surface area contributed by atoms with Crippen LogP contribution >= 0.6 is 15.9 Å². The number of rotatable bonds is 1. The van der Waals surface area contributed by atoms with Crippen molar-refractivity contribution in [2.45, 2.75) is 0 Å². The highest BCUT2D eigenvalue weighted by Crippen LogP contribution is 2.36. The van der Waals surface area contributed by atoms with Gasteiger partial charge in [0.05, 0.1) is 0 Å². The molecule has 0 unspecified atom stereocenters. The summed E-state index contributed by atoms with van der Waals surface area (Å²) >= 11 is 3.70. The highest BCUT2D eigenvalue weighted by molar-refractivity contribution is 9.10. The molecule has 0 saturated carbocycles. The molecule has 5 rings (SSSR count). The maximum absolute atomic E-state index is 3.70. The van der Waals surface area contributed by atoms with Crippen molar-refractivity contribution in [1.29, 1.82) is 0 Å². The van der Waals surface area contributed by atoms with Gasteiger partial charge in [-0.05, 0) is 73.8 Å². The van der Waals surface area contributed by atoms with Gasteiger partial charge in [0.1, 0.15) is 0 Å². The summed E-state index contributed by atoms with van der Waals surface area (Å²) in [5, 5.41) is 7.71. The van der Waals surface area contributed by atoms with Crippen LogP contribution in [0.3, 0.4) is 0 Å². The Morgan fingerprint density at radius 2 is 1.00 bits per heavy atom. The van der Waals surface area contributed by atoms with Crippen molar-refractivity contribution in [2.24, 2.45) is 0 Å². The van der Waals surface area contributed by atoms with Crippen molar-refractivity contribution >= 4 is 48.2 Å². The quantitative estimate of drug-likeness (QED) is 0.262. The van der Waals surface area contributed by atoms with Crippen molar-refractivity contribution in [1.82, 2.24) is 0 Å². The molecule has 0 atom stereocenters. The Balaban J connectivity index is 1.87. The average Bonchev–Trinajstić information content (AvgIpc) is 2.65. The van der Waals surface area contributed by atoms with Gasteiger partial charge >= 0.3 is 0 Å². The minimum Gasteiger partial charge on any atom is -0.0616 e. The first-order valence-electron chi connectivity index (χ1n) is 8.40. The number of benzene rings is 5. The molecular formula is C24H15Br. The maximum atomic E-state index is 3.70. The highest BCUT2D eigenvalue weighted by atomic mass is 79.9. The summed E-state index contributed by atoms with van der Waals surface area (Å²) in [5.74, 6) is 0. The van der Waals surface area contributed by atoms with E-state index in [1.54, 1.807) is 0 Å².